The van der Waals surface area contributed by atoms with Crippen molar-refractivity contribution in [1.82, 2.24) is 0 Å². The quantitative estimate of drug-likeness (QED) is 0.242. The van der Waals surface area contributed by atoms with Gasteiger partial charge in [-0.05, 0) is 24.7 Å². The van der Waals surface area contributed by atoms with Gasteiger partial charge in [-0.25, -0.2) is 36.1 Å². The van der Waals surface area contributed by atoms with Crippen LogP contribution in [0, 0.1) is 32.1 Å². The molecule has 0 heterocycles. The summed E-state index contributed by atoms with van der Waals surface area (Å²) in [5.74, 6) is 1.77. The van der Waals surface area contributed by atoms with E-state index in [2.05, 4.69) is 61.4 Å². The van der Waals surface area contributed by atoms with Crippen molar-refractivity contribution in [2.45, 2.75) is 38.5 Å². The molecule has 1 aromatic carbocycles. The molecule has 1 aromatic rings. The SMILES string of the molecule is C1=CCC2CC[CH-]C2=C1.C1=CCC2CC[CH-]C2=C1.Cl.Cl.[CH3-].[Hf].[SiH2]c1ccccc1. The van der Waals surface area contributed by atoms with Crippen molar-refractivity contribution in [1.29, 1.82) is 0 Å². The van der Waals surface area contributed by atoms with Crippen LogP contribution in [0.3, 0.4) is 0 Å². The minimum absolute atomic E-state index is 0. The maximum Gasteiger partial charge on any atom is 0.0477 e. The van der Waals surface area contributed by atoms with Crippen LogP contribution in [-0.4, -0.2) is 10.2 Å². The van der Waals surface area contributed by atoms with Gasteiger partial charge in [0.1, 0.15) is 0 Å². The minimum atomic E-state index is 0. The Morgan fingerprint density at radius 1 is 0.759 bits per heavy atom. The first-order valence-corrected chi connectivity index (χ1v) is 10.3. The Morgan fingerprint density at radius 3 is 1.55 bits per heavy atom. The summed E-state index contributed by atoms with van der Waals surface area (Å²) in [6.45, 7) is 0. The molecule has 0 saturated heterocycles. The molecular formula is C25H34Cl2HfSi-3. The Balaban J connectivity index is 0. The van der Waals surface area contributed by atoms with Gasteiger partial charge in [-0.15, -0.1) is 62.0 Å². The molecular weight excluding hydrogens is 578 g/mol. The standard InChI is InChI=1S/2C9H11.C6H7Si.CH3.2ClH.Hf/c2*1-2-5-9-7-3-6-8(9)4-1;7-6-4-2-1-3-5-6;;;;/h2*1-2,4,6,9H,3,5,7H2;1-5H,7H2;1H3;2*1H;/q2*-1;;-1;;;. The van der Waals surface area contributed by atoms with Crippen LogP contribution in [0.2, 0.25) is 0 Å². The van der Waals surface area contributed by atoms with Crippen LogP contribution in [0.25, 0.3) is 0 Å². The van der Waals surface area contributed by atoms with Crippen molar-refractivity contribution in [2.75, 3.05) is 0 Å². The van der Waals surface area contributed by atoms with E-state index in [0.717, 1.165) is 11.8 Å². The van der Waals surface area contributed by atoms with Crippen molar-refractivity contribution >= 4 is 40.2 Å². The number of rotatable bonds is 0. The smallest absolute Gasteiger partial charge is 0.0477 e. The second-order valence-corrected chi connectivity index (χ2v) is 7.92. The summed E-state index contributed by atoms with van der Waals surface area (Å²) < 4.78 is 0. The predicted octanol–water partition coefficient (Wildman–Crippen LogP) is 6.21. The number of allylic oxidation sites excluding steroid dienone is 8. The summed E-state index contributed by atoms with van der Waals surface area (Å²) in [7, 11) is 1.90. The molecule has 0 nitrogen and oxygen atoms in total. The van der Waals surface area contributed by atoms with Gasteiger partial charge in [0.15, 0.2) is 0 Å². The van der Waals surface area contributed by atoms with E-state index in [1.807, 2.05) is 28.4 Å². The van der Waals surface area contributed by atoms with Crippen molar-refractivity contribution in [3.05, 3.63) is 98.2 Å². The third-order valence-corrected chi connectivity index (χ3v) is 5.74. The van der Waals surface area contributed by atoms with Gasteiger partial charge in [-0.2, -0.15) is 0 Å². The minimum Gasteiger partial charge on any atom is -0.358 e. The molecule has 0 spiro atoms. The van der Waals surface area contributed by atoms with Crippen molar-refractivity contribution in [3.63, 3.8) is 0 Å². The van der Waals surface area contributed by atoms with E-state index in [1.54, 1.807) is 11.1 Å². The number of fused-ring (bicyclic) bond motifs is 2. The predicted molar refractivity (Wildman–Crippen MR) is 133 cm³/mol. The van der Waals surface area contributed by atoms with E-state index in [9.17, 15) is 0 Å². The Hall–Kier alpha value is -0.413. The normalized spacial score (nSPS) is 21.4. The van der Waals surface area contributed by atoms with Gasteiger partial charge in [-0.1, -0.05) is 48.4 Å². The van der Waals surface area contributed by atoms with E-state index in [4.69, 9.17) is 0 Å². The van der Waals surface area contributed by atoms with Crippen molar-refractivity contribution < 1.29 is 25.8 Å². The molecule has 5 rings (SSSR count). The second-order valence-electron chi connectivity index (χ2n) is 7.10. The fourth-order valence-corrected chi connectivity index (χ4v) is 4.08. The van der Waals surface area contributed by atoms with Crippen molar-refractivity contribution in [3.8, 4) is 0 Å². The van der Waals surface area contributed by atoms with Crippen LogP contribution in [0.15, 0.2) is 77.9 Å². The monoisotopic (exact) mass is 612 g/mol. The number of halogens is 2. The molecule has 2 unspecified atom stereocenters. The molecule has 0 aliphatic heterocycles. The summed E-state index contributed by atoms with van der Waals surface area (Å²) in [5.41, 5.74) is 3.16. The largest absolute Gasteiger partial charge is 0.358 e. The van der Waals surface area contributed by atoms with E-state index < -0.39 is 0 Å². The van der Waals surface area contributed by atoms with E-state index in [0.29, 0.717) is 0 Å². The topological polar surface area (TPSA) is 0 Å². The van der Waals surface area contributed by atoms with Crippen LogP contribution in [0.1, 0.15) is 38.5 Å². The molecule has 29 heavy (non-hydrogen) atoms. The van der Waals surface area contributed by atoms with Gasteiger partial charge in [0.2, 0.25) is 0 Å². The zero-order valence-electron chi connectivity index (χ0n) is 17.4. The van der Waals surface area contributed by atoms with Crippen LogP contribution >= 0.6 is 24.8 Å². The van der Waals surface area contributed by atoms with Crippen LogP contribution in [-0.2, 0) is 25.8 Å². The molecule has 159 valence electrons. The van der Waals surface area contributed by atoms with Gasteiger partial charge in [0.25, 0.3) is 0 Å². The second kappa shape index (κ2) is 17.3. The third kappa shape index (κ3) is 10.4. The van der Waals surface area contributed by atoms with E-state index in [-0.39, 0.29) is 58.1 Å². The zero-order chi connectivity index (χ0) is 17.3. The molecule has 0 amide bonds. The number of benzene rings is 1. The van der Waals surface area contributed by atoms with Gasteiger partial charge in [0.05, 0.1) is 0 Å². The molecule has 0 N–H and O–H groups in total. The number of hydrogen-bond donors (Lipinski definition) is 0. The summed E-state index contributed by atoms with van der Waals surface area (Å²) in [4.78, 5) is 0. The molecule has 0 aromatic heterocycles. The summed E-state index contributed by atoms with van der Waals surface area (Å²) in [6, 6.07) is 10.3. The fraction of sp³-hybridized carbons (Fsp3) is 0.320. The Kier molecular flexibility index (Phi) is 18.3. The first kappa shape index (κ1) is 30.8. The zero-order valence-corrected chi connectivity index (χ0v) is 24.1. The Morgan fingerprint density at radius 2 is 1.21 bits per heavy atom. The van der Waals surface area contributed by atoms with E-state index >= 15 is 0 Å². The van der Waals surface area contributed by atoms with Gasteiger partial charge < -0.3 is 7.43 Å². The molecule has 0 bridgehead atoms. The average Bonchev–Trinajstić information content (AvgIpc) is 3.32. The van der Waals surface area contributed by atoms with Gasteiger partial charge >= 0.3 is 0 Å². The van der Waals surface area contributed by atoms with Crippen LogP contribution in [0.5, 0.6) is 0 Å². The maximum atomic E-state index is 2.37. The molecule has 2 atom stereocenters. The van der Waals surface area contributed by atoms with Gasteiger partial charge in [-0.3, -0.25) is 0 Å². The molecule has 2 saturated carbocycles. The van der Waals surface area contributed by atoms with Crippen molar-refractivity contribution in [2.24, 2.45) is 11.8 Å². The van der Waals surface area contributed by atoms with Gasteiger partial charge in [0, 0.05) is 36.1 Å². The maximum absolute atomic E-state index is 2.37. The molecule has 4 aliphatic carbocycles. The first-order chi connectivity index (χ1) is 12.3. The molecule has 4 heteroatoms. The van der Waals surface area contributed by atoms with E-state index in [1.165, 1.54) is 43.7 Å². The molecule has 1 radical (unpaired) electrons. The first-order valence-electron chi connectivity index (χ1n) is 9.60. The summed E-state index contributed by atoms with van der Waals surface area (Å²) >= 11 is 0. The molecule has 4 aliphatic rings. The van der Waals surface area contributed by atoms with Crippen LogP contribution < -0.4 is 5.19 Å². The average molecular weight is 612 g/mol. The summed E-state index contributed by atoms with van der Waals surface area (Å²) in [5, 5.41) is 1.35. The third-order valence-electron chi connectivity index (χ3n) is 5.27. The summed E-state index contributed by atoms with van der Waals surface area (Å²) in [6.07, 6.45) is 26.1. The Bertz CT molecular complexity index is 625. The van der Waals surface area contributed by atoms with Crippen LogP contribution in [0.4, 0.5) is 0 Å². The number of hydrogen-bond acceptors (Lipinski definition) is 0. The Labute approximate surface area is 213 Å². The molecule has 2 fully saturated rings. The fourth-order valence-electron chi connectivity index (χ4n) is 3.81.